The molecule has 0 fully saturated rings. The van der Waals surface area contributed by atoms with Gasteiger partial charge in [-0.2, -0.15) is 0 Å². The average Bonchev–Trinajstić information content (AvgIpc) is 2.55. The van der Waals surface area contributed by atoms with Crippen LogP contribution >= 0.6 is 15.9 Å². The third kappa shape index (κ3) is 8.13. The van der Waals surface area contributed by atoms with Gasteiger partial charge in [0.15, 0.2) is 0 Å². The van der Waals surface area contributed by atoms with E-state index in [9.17, 15) is 9.59 Å². The number of unbranched alkanes of at least 4 members (excludes halogenated alkanes) is 1. The van der Waals surface area contributed by atoms with Crippen LogP contribution in [0.4, 0.5) is 0 Å². The number of nitrogens with two attached hydrogens (primary N) is 1. The van der Waals surface area contributed by atoms with Crippen molar-refractivity contribution in [2.75, 3.05) is 13.7 Å². The Kier molecular flexibility index (Phi) is 9.55. The third-order valence-electron chi connectivity index (χ3n) is 3.55. The molecule has 23 heavy (non-hydrogen) atoms. The Hall–Kier alpha value is -1.40. The van der Waals surface area contributed by atoms with Crippen molar-refractivity contribution in [3.63, 3.8) is 0 Å². The molecule has 5 nitrogen and oxygen atoms in total. The van der Waals surface area contributed by atoms with Crippen LogP contribution in [0, 0.1) is 0 Å². The summed E-state index contributed by atoms with van der Waals surface area (Å²) in [5, 5.41) is 2.76. The molecule has 0 heterocycles. The smallest absolute Gasteiger partial charge is 0.328 e. The first-order chi connectivity index (χ1) is 11.1. The van der Waals surface area contributed by atoms with E-state index in [1.807, 2.05) is 24.3 Å². The molecule has 0 unspecified atom stereocenters. The molecule has 1 amide bonds. The van der Waals surface area contributed by atoms with E-state index in [1.54, 1.807) is 0 Å². The van der Waals surface area contributed by atoms with E-state index < -0.39 is 12.0 Å². The largest absolute Gasteiger partial charge is 0.467 e. The van der Waals surface area contributed by atoms with Crippen LogP contribution in [0.5, 0.6) is 0 Å². The molecule has 0 saturated carbocycles. The molecule has 1 rings (SSSR count). The molecule has 0 saturated heterocycles. The Labute approximate surface area is 146 Å². The maximum Gasteiger partial charge on any atom is 0.328 e. The topological polar surface area (TPSA) is 81.4 Å². The number of halogens is 1. The van der Waals surface area contributed by atoms with Gasteiger partial charge in [0, 0.05) is 10.9 Å². The first-order valence-electron chi connectivity index (χ1n) is 7.88. The highest BCUT2D eigenvalue weighted by atomic mass is 79.9. The normalized spacial score (nSPS) is 11.8. The standard InChI is InChI=1S/C17H25BrN2O3/c1-23-17(22)15(6-2-3-12-19)20-16(21)7-4-5-13-8-10-14(18)11-9-13/h8-11,15H,2-7,12,19H2,1H3,(H,20,21)/t15-/m0/s1. The van der Waals surface area contributed by atoms with Gasteiger partial charge in [0.25, 0.3) is 0 Å². The van der Waals surface area contributed by atoms with Gasteiger partial charge in [-0.1, -0.05) is 28.1 Å². The molecule has 1 aromatic rings. The van der Waals surface area contributed by atoms with Gasteiger partial charge in [-0.25, -0.2) is 4.79 Å². The van der Waals surface area contributed by atoms with Crippen molar-refractivity contribution < 1.29 is 14.3 Å². The third-order valence-corrected chi connectivity index (χ3v) is 4.08. The lowest BCUT2D eigenvalue weighted by molar-refractivity contribution is -0.145. The number of methoxy groups -OCH3 is 1. The fraction of sp³-hybridized carbons (Fsp3) is 0.529. The lowest BCUT2D eigenvalue weighted by Gasteiger charge is -2.16. The fourth-order valence-electron chi connectivity index (χ4n) is 2.25. The lowest BCUT2D eigenvalue weighted by atomic mass is 10.1. The highest BCUT2D eigenvalue weighted by Crippen LogP contribution is 2.12. The van der Waals surface area contributed by atoms with Crippen LogP contribution in [0.2, 0.25) is 0 Å². The van der Waals surface area contributed by atoms with E-state index in [4.69, 9.17) is 10.5 Å². The van der Waals surface area contributed by atoms with Crippen molar-refractivity contribution in [2.45, 2.75) is 44.6 Å². The number of rotatable bonds is 10. The molecule has 0 spiro atoms. The van der Waals surface area contributed by atoms with E-state index in [-0.39, 0.29) is 5.91 Å². The zero-order valence-corrected chi connectivity index (χ0v) is 15.1. The molecule has 3 N–H and O–H groups in total. The van der Waals surface area contributed by atoms with Crippen LogP contribution in [-0.4, -0.2) is 31.6 Å². The van der Waals surface area contributed by atoms with Crippen LogP contribution < -0.4 is 11.1 Å². The Morgan fingerprint density at radius 2 is 1.91 bits per heavy atom. The molecule has 128 valence electrons. The summed E-state index contributed by atoms with van der Waals surface area (Å²) in [5.74, 6) is -0.520. The minimum absolute atomic E-state index is 0.120. The second-order valence-corrected chi connectivity index (χ2v) is 6.32. The zero-order valence-electron chi connectivity index (χ0n) is 13.5. The number of amides is 1. The maximum atomic E-state index is 12.0. The van der Waals surface area contributed by atoms with Gasteiger partial charge >= 0.3 is 5.97 Å². The molecular weight excluding hydrogens is 360 g/mol. The number of benzene rings is 1. The fourth-order valence-corrected chi connectivity index (χ4v) is 2.52. The summed E-state index contributed by atoms with van der Waals surface area (Å²) in [6.45, 7) is 0.578. The van der Waals surface area contributed by atoms with Gasteiger partial charge in [0.1, 0.15) is 6.04 Å². The number of carbonyl (C=O) groups is 2. The minimum atomic E-state index is -0.577. The van der Waals surface area contributed by atoms with Gasteiger partial charge in [0.05, 0.1) is 7.11 Å². The van der Waals surface area contributed by atoms with Crippen LogP contribution in [0.25, 0.3) is 0 Å². The monoisotopic (exact) mass is 384 g/mol. The van der Waals surface area contributed by atoms with E-state index in [2.05, 4.69) is 21.2 Å². The molecule has 1 aromatic carbocycles. The van der Waals surface area contributed by atoms with E-state index >= 15 is 0 Å². The van der Waals surface area contributed by atoms with Crippen molar-refractivity contribution in [3.8, 4) is 0 Å². The Balaban J connectivity index is 2.36. The van der Waals surface area contributed by atoms with Crippen molar-refractivity contribution >= 4 is 27.8 Å². The molecule has 0 aliphatic heterocycles. The average molecular weight is 385 g/mol. The number of hydrogen-bond donors (Lipinski definition) is 2. The highest BCUT2D eigenvalue weighted by molar-refractivity contribution is 9.10. The summed E-state index contributed by atoms with van der Waals surface area (Å²) >= 11 is 3.39. The SMILES string of the molecule is COC(=O)[C@H](CCCCN)NC(=O)CCCc1ccc(Br)cc1. The predicted molar refractivity (Wildman–Crippen MR) is 93.9 cm³/mol. The van der Waals surface area contributed by atoms with E-state index in [0.717, 1.165) is 30.2 Å². The summed E-state index contributed by atoms with van der Waals surface area (Å²) in [5.41, 5.74) is 6.64. The summed E-state index contributed by atoms with van der Waals surface area (Å²) < 4.78 is 5.78. The van der Waals surface area contributed by atoms with Crippen molar-refractivity contribution in [3.05, 3.63) is 34.3 Å². The number of carbonyl (C=O) groups excluding carboxylic acids is 2. The number of hydrogen-bond acceptors (Lipinski definition) is 4. The second-order valence-electron chi connectivity index (χ2n) is 5.41. The van der Waals surface area contributed by atoms with Crippen LogP contribution in [-0.2, 0) is 20.7 Å². The van der Waals surface area contributed by atoms with Crippen LogP contribution in [0.3, 0.4) is 0 Å². The molecule has 0 bridgehead atoms. The van der Waals surface area contributed by atoms with Crippen molar-refractivity contribution in [1.29, 1.82) is 0 Å². The highest BCUT2D eigenvalue weighted by Gasteiger charge is 2.20. The Bertz CT molecular complexity index is 491. The number of esters is 1. The predicted octanol–water partition coefficient (Wildman–Crippen LogP) is 2.56. The molecule has 6 heteroatoms. The van der Waals surface area contributed by atoms with E-state index in [1.165, 1.54) is 12.7 Å². The van der Waals surface area contributed by atoms with Gasteiger partial charge in [-0.15, -0.1) is 0 Å². The van der Waals surface area contributed by atoms with Gasteiger partial charge < -0.3 is 15.8 Å². The minimum Gasteiger partial charge on any atom is -0.467 e. The van der Waals surface area contributed by atoms with Crippen molar-refractivity contribution in [1.82, 2.24) is 5.32 Å². The Morgan fingerprint density at radius 3 is 2.52 bits per heavy atom. The maximum absolute atomic E-state index is 12.0. The zero-order chi connectivity index (χ0) is 17.1. The summed E-state index contributed by atoms with van der Waals surface area (Å²) in [4.78, 5) is 23.7. The molecule has 0 radical (unpaired) electrons. The second kappa shape index (κ2) is 11.2. The number of ether oxygens (including phenoxy) is 1. The molecule has 0 aromatic heterocycles. The summed E-state index contributed by atoms with van der Waals surface area (Å²) in [6.07, 6.45) is 4.13. The first kappa shape index (κ1) is 19.6. The molecule has 1 atom stereocenters. The summed E-state index contributed by atoms with van der Waals surface area (Å²) in [6, 6.07) is 7.46. The van der Waals surface area contributed by atoms with Gasteiger partial charge in [0.2, 0.25) is 5.91 Å². The van der Waals surface area contributed by atoms with Crippen LogP contribution in [0.15, 0.2) is 28.7 Å². The molecular formula is C17H25BrN2O3. The quantitative estimate of drug-likeness (QED) is 0.479. The Morgan fingerprint density at radius 1 is 1.22 bits per heavy atom. The van der Waals surface area contributed by atoms with E-state index in [0.29, 0.717) is 19.4 Å². The molecule has 0 aliphatic carbocycles. The summed E-state index contributed by atoms with van der Waals surface area (Å²) in [7, 11) is 1.33. The van der Waals surface area contributed by atoms with Gasteiger partial charge in [-0.05, 0) is 56.3 Å². The van der Waals surface area contributed by atoms with Gasteiger partial charge in [-0.3, -0.25) is 4.79 Å². The first-order valence-corrected chi connectivity index (χ1v) is 8.67. The lowest BCUT2D eigenvalue weighted by Crippen LogP contribution is -2.41. The number of aryl methyl sites for hydroxylation is 1. The molecule has 0 aliphatic rings. The van der Waals surface area contributed by atoms with Crippen molar-refractivity contribution in [2.24, 2.45) is 5.73 Å². The number of nitrogens with one attached hydrogen (secondary N) is 1. The van der Waals surface area contributed by atoms with Crippen LogP contribution in [0.1, 0.15) is 37.7 Å².